The number of amides is 1. The lowest BCUT2D eigenvalue weighted by atomic mass is 9.99. The fourth-order valence-electron chi connectivity index (χ4n) is 2.30. The topological polar surface area (TPSA) is 122 Å². The summed E-state index contributed by atoms with van der Waals surface area (Å²) >= 11 is 2.32. The fourth-order valence-corrected chi connectivity index (χ4v) is 5.08. The smallest absolute Gasteiger partial charge is 0.316 e. The first-order valence-electron chi connectivity index (χ1n) is 7.75. The largest absolute Gasteiger partial charge is 0.468 e. The van der Waals surface area contributed by atoms with Crippen LogP contribution in [0, 0.1) is 5.92 Å². The third-order valence-electron chi connectivity index (χ3n) is 3.72. The molecule has 1 N–H and O–H groups in total. The van der Waals surface area contributed by atoms with Gasteiger partial charge in [-0.15, -0.1) is 10.2 Å². The van der Waals surface area contributed by atoms with Crippen molar-refractivity contribution in [3.8, 4) is 0 Å². The highest BCUT2D eigenvalue weighted by atomic mass is 32.2. The first-order chi connectivity index (χ1) is 12.2. The number of hydrogen-bond acceptors (Lipinski definition) is 9. The molecule has 2 rings (SSSR count). The average molecular weight is 424 g/mol. The Balaban J connectivity index is 1.93. The van der Waals surface area contributed by atoms with Crippen molar-refractivity contribution in [2.75, 3.05) is 45.4 Å². The van der Waals surface area contributed by atoms with Crippen LogP contribution in [-0.2, 0) is 24.5 Å². The van der Waals surface area contributed by atoms with Gasteiger partial charge in [0.2, 0.25) is 11.0 Å². The zero-order valence-corrected chi connectivity index (χ0v) is 17.1. The molecule has 26 heavy (non-hydrogen) atoms. The predicted molar refractivity (Wildman–Crippen MR) is 98.2 cm³/mol. The lowest BCUT2D eigenvalue weighted by molar-refractivity contribution is -0.137. The van der Waals surface area contributed by atoms with Gasteiger partial charge in [0, 0.05) is 27.2 Å². The van der Waals surface area contributed by atoms with E-state index in [1.54, 1.807) is 0 Å². The molecule has 1 unspecified atom stereocenters. The minimum Gasteiger partial charge on any atom is -0.468 e. The standard InChI is InChI=1S/C13H21N5O5S3/c1-17(2)26(21,22)18-6-4-5-9(7-18)11(20)14-12-15-16-13(25-12)24-8-10(19)23-3/h9H,4-8H2,1-3H3,(H,14,15,20). The molecule has 1 amide bonds. The van der Waals surface area contributed by atoms with Crippen LogP contribution in [0.1, 0.15) is 12.8 Å². The van der Waals surface area contributed by atoms with Crippen molar-refractivity contribution in [2.24, 2.45) is 5.92 Å². The van der Waals surface area contributed by atoms with Crippen molar-refractivity contribution in [3.63, 3.8) is 0 Å². The van der Waals surface area contributed by atoms with E-state index in [0.717, 1.165) is 15.6 Å². The molecular formula is C13H21N5O5S3. The van der Waals surface area contributed by atoms with Gasteiger partial charge in [0.1, 0.15) is 0 Å². The first kappa shape index (κ1) is 21.0. The number of esters is 1. The van der Waals surface area contributed by atoms with E-state index in [0.29, 0.717) is 28.9 Å². The number of anilines is 1. The zero-order chi connectivity index (χ0) is 19.3. The van der Waals surface area contributed by atoms with E-state index in [1.165, 1.54) is 37.3 Å². The Bertz CT molecular complexity index is 751. The van der Waals surface area contributed by atoms with Crippen LogP contribution in [0.3, 0.4) is 0 Å². The van der Waals surface area contributed by atoms with Crippen LogP contribution in [-0.4, -0.2) is 79.1 Å². The Hall–Kier alpha value is -1.28. The van der Waals surface area contributed by atoms with Gasteiger partial charge >= 0.3 is 5.97 Å². The maximum absolute atomic E-state index is 12.4. The van der Waals surface area contributed by atoms with Crippen LogP contribution in [0.2, 0.25) is 0 Å². The highest BCUT2D eigenvalue weighted by molar-refractivity contribution is 8.01. The number of nitrogens with zero attached hydrogens (tertiary/aromatic N) is 4. The number of hydrogen-bond donors (Lipinski definition) is 1. The number of piperidine rings is 1. The lowest BCUT2D eigenvalue weighted by Crippen LogP contribution is -2.47. The van der Waals surface area contributed by atoms with E-state index in [1.807, 2.05) is 0 Å². The van der Waals surface area contributed by atoms with Gasteiger partial charge in [0.15, 0.2) is 4.34 Å². The monoisotopic (exact) mass is 423 g/mol. The van der Waals surface area contributed by atoms with Crippen LogP contribution in [0.15, 0.2) is 4.34 Å². The molecule has 0 bridgehead atoms. The number of carbonyl (C=O) groups is 2. The van der Waals surface area contributed by atoms with Gasteiger partial charge in [0.25, 0.3) is 10.2 Å². The Morgan fingerprint density at radius 1 is 1.42 bits per heavy atom. The summed E-state index contributed by atoms with van der Waals surface area (Å²) in [6, 6.07) is 0. The molecular weight excluding hydrogens is 402 g/mol. The van der Waals surface area contributed by atoms with Gasteiger partial charge < -0.3 is 10.1 Å². The van der Waals surface area contributed by atoms with E-state index < -0.39 is 16.1 Å². The van der Waals surface area contributed by atoms with E-state index in [2.05, 4.69) is 20.3 Å². The number of aromatic nitrogens is 2. The van der Waals surface area contributed by atoms with E-state index in [4.69, 9.17) is 0 Å². The Kier molecular flexibility index (Phi) is 7.34. The number of ether oxygens (including phenoxy) is 1. The number of thioether (sulfide) groups is 1. The van der Waals surface area contributed by atoms with Crippen molar-refractivity contribution in [2.45, 2.75) is 17.2 Å². The van der Waals surface area contributed by atoms with E-state index >= 15 is 0 Å². The van der Waals surface area contributed by atoms with Crippen LogP contribution in [0.5, 0.6) is 0 Å². The number of nitrogens with one attached hydrogen (secondary N) is 1. The molecule has 1 aliphatic rings. The molecule has 1 aromatic rings. The van der Waals surface area contributed by atoms with Crippen molar-refractivity contribution in [1.29, 1.82) is 0 Å². The first-order valence-corrected chi connectivity index (χ1v) is 11.0. The second-order valence-electron chi connectivity index (χ2n) is 5.71. The van der Waals surface area contributed by atoms with Crippen LogP contribution < -0.4 is 5.32 Å². The third kappa shape index (κ3) is 5.36. The van der Waals surface area contributed by atoms with E-state index in [9.17, 15) is 18.0 Å². The molecule has 0 spiro atoms. The third-order valence-corrected chi connectivity index (χ3v) is 7.57. The Labute approximate surface area is 160 Å². The Morgan fingerprint density at radius 2 is 2.15 bits per heavy atom. The summed E-state index contributed by atoms with van der Waals surface area (Å²) in [5.74, 6) is -1.00. The SMILES string of the molecule is COC(=O)CSc1nnc(NC(=O)C2CCCN(S(=O)(=O)N(C)C)C2)s1. The van der Waals surface area contributed by atoms with Crippen molar-refractivity contribution in [1.82, 2.24) is 18.8 Å². The van der Waals surface area contributed by atoms with Crippen LogP contribution >= 0.6 is 23.1 Å². The lowest BCUT2D eigenvalue weighted by Gasteiger charge is -2.32. The normalized spacial score (nSPS) is 18.7. The molecule has 146 valence electrons. The van der Waals surface area contributed by atoms with E-state index in [-0.39, 0.29) is 24.2 Å². The second kappa shape index (κ2) is 9.08. The molecule has 0 radical (unpaired) electrons. The quantitative estimate of drug-likeness (QED) is 0.376. The molecule has 1 fully saturated rings. The number of methoxy groups -OCH3 is 1. The van der Waals surface area contributed by atoms with Crippen LogP contribution in [0.4, 0.5) is 5.13 Å². The molecule has 0 aliphatic carbocycles. The van der Waals surface area contributed by atoms with Gasteiger partial charge in [-0.3, -0.25) is 9.59 Å². The highest BCUT2D eigenvalue weighted by Gasteiger charge is 2.33. The van der Waals surface area contributed by atoms with Crippen molar-refractivity contribution in [3.05, 3.63) is 0 Å². The fraction of sp³-hybridized carbons (Fsp3) is 0.692. The molecule has 0 saturated carbocycles. The minimum atomic E-state index is -3.54. The Morgan fingerprint density at radius 3 is 2.81 bits per heavy atom. The summed E-state index contributed by atoms with van der Waals surface area (Å²) in [5.41, 5.74) is 0. The summed E-state index contributed by atoms with van der Waals surface area (Å²) in [6.45, 7) is 0.534. The molecule has 10 nitrogen and oxygen atoms in total. The summed E-state index contributed by atoms with van der Waals surface area (Å²) in [5, 5.41) is 10.8. The maximum Gasteiger partial charge on any atom is 0.316 e. The highest BCUT2D eigenvalue weighted by Crippen LogP contribution is 2.27. The summed E-state index contributed by atoms with van der Waals surface area (Å²) < 4.78 is 32.0. The summed E-state index contributed by atoms with van der Waals surface area (Å²) in [4.78, 5) is 23.6. The number of carbonyl (C=O) groups excluding carboxylic acids is 2. The van der Waals surface area contributed by atoms with Gasteiger partial charge in [-0.1, -0.05) is 23.1 Å². The molecule has 0 aromatic carbocycles. The second-order valence-corrected chi connectivity index (χ2v) is 10.1. The molecule has 1 aliphatic heterocycles. The van der Waals surface area contributed by atoms with Gasteiger partial charge in [-0.2, -0.15) is 17.0 Å². The summed E-state index contributed by atoms with van der Waals surface area (Å²) in [7, 11) is 0.697. The molecule has 1 saturated heterocycles. The van der Waals surface area contributed by atoms with Crippen LogP contribution in [0.25, 0.3) is 0 Å². The van der Waals surface area contributed by atoms with Gasteiger partial charge in [-0.05, 0) is 12.8 Å². The van der Waals surface area contributed by atoms with Gasteiger partial charge in [-0.25, -0.2) is 0 Å². The maximum atomic E-state index is 12.4. The minimum absolute atomic E-state index is 0.110. The summed E-state index contributed by atoms with van der Waals surface area (Å²) in [6.07, 6.45) is 1.22. The molecule has 1 atom stereocenters. The van der Waals surface area contributed by atoms with Gasteiger partial charge in [0.05, 0.1) is 18.8 Å². The number of rotatable bonds is 7. The molecule has 2 heterocycles. The average Bonchev–Trinajstić information content (AvgIpc) is 3.06. The predicted octanol–water partition coefficient (Wildman–Crippen LogP) is 0.260. The molecule has 1 aromatic heterocycles. The molecule has 13 heteroatoms. The zero-order valence-electron chi connectivity index (χ0n) is 14.7. The van der Waals surface area contributed by atoms with Crippen molar-refractivity contribution >= 4 is 50.3 Å². The van der Waals surface area contributed by atoms with Crippen molar-refractivity contribution < 1.29 is 22.7 Å².